The number of piperidine rings is 1. The van der Waals surface area contributed by atoms with Gasteiger partial charge in [0.1, 0.15) is 0 Å². The molecule has 0 aliphatic carbocycles. The molecule has 1 unspecified atom stereocenters. The van der Waals surface area contributed by atoms with E-state index in [1.54, 1.807) is 4.90 Å². The molecule has 1 aromatic rings. The lowest BCUT2D eigenvalue weighted by Crippen LogP contribution is -2.42. The summed E-state index contributed by atoms with van der Waals surface area (Å²) < 4.78 is 26.4. The zero-order valence-corrected chi connectivity index (χ0v) is 9.62. The third kappa shape index (κ3) is 2.28. The van der Waals surface area contributed by atoms with Crippen molar-refractivity contribution in [2.75, 3.05) is 6.54 Å². The maximum absolute atomic E-state index is 13.4. The number of carbonyl (C=O) groups is 1. The quantitative estimate of drug-likeness (QED) is 0.706. The molecule has 0 aromatic carbocycles. The van der Waals surface area contributed by atoms with Crippen LogP contribution in [-0.2, 0) is 0 Å². The van der Waals surface area contributed by atoms with Crippen LogP contribution >= 0.6 is 0 Å². The Bertz CT molecular complexity index is 437. The summed E-state index contributed by atoms with van der Waals surface area (Å²) in [5.74, 6) is -2.83. The minimum absolute atomic E-state index is 0.0758. The van der Waals surface area contributed by atoms with Crippen LogP contribution in [0.1, 0.15) is 36.5 Å². The van der Waals surface area contributed by atoms with Crippen LogP contribution < -0.4 is 0 Å². The molecule has 1 saturated heterocycles. The number of aromatic nitrogens is 1. The predicted octanol–water partition coefficient (Wildman–Crippen LogP) is 2.37. The Labute approximate surface area is 98.5 Å². The van der Waals surface area contributed by atoms with Gasteiger partial charge < -0.3 is 4.90 Å². The Morgan fingerprint density at radius 3 is 2.94 bits per heavy atom. The van der Waals surface area contributed by atoms with E-state index in [4.69, 9.17) is 0 Å². The lowest BCUT2D eigenvalue weighted by molar-refractivity contribution is 0.0629. The van der Waals surface area contributed by atoms with E-state index in [0.29, 0.717) is 6.54 Å². The molecule has 1 aliphatic heterocycles. The number of rotatable bonds is 1. The van der Waals surface area contributed by atoms with Gasteiger partial charge in [-0.05, 0) is 32.3 Å². The lowest BCUT2D eigenvalue weighted by atomic mass is 10.0. The first-order valence-corrected chi connectivity index (χ1v) is 5.72. The molecule has 0 saturated carbocycles. The fraction of sp³-hybridized carbons (Fsp3) is 0.500. The number of nitrogens with zero attached hydrogens (tertiary/aromatic N) is 2. The van der Waals surface area contributed by atoms with E-state index in [9.17, 15) is 13.6 Å². The number of likely N-dealkylation sites (tertiary alicyclic amines) is 1. The third-order valence-electron chi connectivity index (χ3n) is 3.14. The van der Waals surface area contributed by atoms with Crippen molar-refractivity contribution in [1.82, 2.24) is 9.88 Å². The standard InChI is InChI=1S/C12H14F2N2O/c1-8-4-2-3-7-16(8)12(17)9-5-6-15-11(14)10(9)13/h5-6,8H,2-4,7H2,1H3. The first kappa shape index (κ1) is 12.0. The van der Waals surface area contributed by atoms with Crippen LogP contribution in [-0.4, -0.2) is 28.4 Å². The van der Waals surface area contributed by atoms with Crippen molar-refractivity contribution in [3.05, 3.63) is 29.6 Å². The van der Waals surface area contributed by atoms with Gasteiger partial charge in [0, 0.05) is 18.8 Å². The van der Waals surface area contributed by atoms with Gasteiger partial charge in [-0.25, -0.2) is 9.37 Å². The number of pyridine rings is 1. The van der Waals surface area contributed by atoms with Crippen LogP contribution in [0.2, 0.25) is 0 Å². The predicted molar refractivity (Wildman–Crippen MR) is 58.5 cm³/mol. The maximum Gasteiger partial charge on any atom is 0.257 e. The smallest absolute Gasteiger partial charge is 0.257 e. The zero-order chi connectivity index (χ0) is 12.4. The first-order chi connectivity index (χ1) is 8.11. The Morgan fingerprint density at radius 1 is 1.47 bits per heavy atom. The summed E-state index contributed by atoms with van der Waals surface area (Å²) in [6, 6.07) is 1.30. The minimum atomic E-state index is -1.22. The topological polar surface area (TPSA) is 33.2 Å². The Morgan fingerprint density at radius 2 is 2.24 bits per heavy atom. The highest BCUT2D eigenvalue weighted by Crippen LogP contribution is 2.20. The summed E-state index contributed by atoms with van der Waals surface area (Å²) in [5.41, 5.74) is -0.230. The molecule has 3 nitrogen and oxygen atoms in total. The van der Waals surface area contributed by atoms with Crippen molar-refractivity contribution in [3.63, 3.8) is 0 Å². The summed E-state index contributed by atoms with van der Waals surface area (Å²) in [4.78, 5) is 16.8. The van der Waals surface area contributed by atoms with Crippen LogP contribution in [0.5, 0.6) is 0 Å². The van der Waals surface area contributed by atoms with E-state index < -0.39 is 17.7 Å². The van der Waals surface area contributed by atoms with Crippen molar-refractivity contribution in [1.29, 1.82) is 0 Å². The molecule has 92 valence electrons. The van der Waals surface area contributed by atoms with Crippen LogP contribution in [0.4, 0.5) is 8.78 Å². The van der Waals surface area contributed by atoms with Crippen molar-refractivity contribution in [2.24, 2.45) is 0 Å². The summed E-state index contributed by atoms with van der Waals surface area (Å²) in [6.45, 7) is 2.52. The second kappa shape index (κ2) is 4.77. The number of hydrogen-bond donors (Lipinski definition) is 0. The molecule has 0 N–H and O–H groups in total. The Hall–Kier alpha value is -1.52. The van der Waals surface area contributed by atoms with Gasteiger partial charge in [-0.15, -0.1) is 0 Å². The van der Waals surface area contributed by atoms with Crippen molar-refractivity contribution < 1.29 is 13.6 Å². The van der Waals surface area contributed by atoms with E-state index >= 15 is 0 Å². The Balaban J connectivity index is 2.27. The van der Waals surface area contributed by atoms with E-state index in [1.807, 2.05) is 6.92 Å². The van der Waals surface area contributed by atoms with E-state index in [1.165, 1.54) is 6.07 Å². The highest BCUT2D eigenvalue weighted by atomic mass is 19.2. The SMILES string of the molecule is CC1CCCCN1C(=O)c1ccnc(F)c1F. The van der Waals surface area contributed by atoms with E-state index in [-0.39, 0.29) is 11.6 Å². The molecule has 0 spiro atoms. The van der Waals surface area contributed by atoms with Crippen LogP contribution in [0.3, 0.4) is 0 Å². The molecule has 17 heavy (non-hydrogen) atoms. The van der Waals surface area contributed by atoms with Crippen molar-refractivity contribution in [3.8, 4) is 0 Å². The summed E-state index contributed by atoms with van der Waals surface area (Å²) in [6.07, 6.45) is 3.99. The third-order valence-corrected chi connectivity index (χ3v) is 3.14. The van der Waals surface area contributed by atoms with Gasteiger partial charge in [0.25, 0.3) is 5.91 Å². The van der Waals surface area contributed by atoms with Crippen LogP contribution in [0.25, 0.3) is 0 Å². The molecule has 1 atom stereocenters. The van der Waals surface area contributed by atoms with Crippen molar-refractivity contribution >= 4 is 5.91 Å². The number of carbonyl (C=O) groups excluding carboxylic acids is 1. The Kier molecular flexibility index (Phi) is 3.36. The highest BCUT2D eigenvalue weighted by Gasteiger charge is 2.27. The highest BCUT2D eigenvalue weighted by molar-refractivity contribution is 5.94. The molecule has 1 amide bonds. The van der Waals surface area contributed by atoms with Gasteiger partial charge in [-0.2, -0.15) is 4.39 Å². The molecule has 1 aliphatic rings. The maximum atomic E-state index is 13.4. The lowest BCUT2D eigenvalue weighted by Gasteiger charge is -2.33. The number of hydrogen-bond acceptors (Lipinski definition) is 2. The van der Waals surface area contributed by atoms with Crippen LogP contribution in [0.15, 0.2) is 12.3 Å². The fourth-order valence-corrected chi connectivity index (χ4v) is 2.14. The molecule has 2 rings (SSSR count). The summed E-state index contributed by atoms with van der Waals surface area (Å²) in [5, 5.41) is 0. The zero-order valence-electron chi connectivity index (χ0n) is 9.62. The average molecular weight is 240 g/mol. The summed E-state index contributed by atoms with van der Waals surface area (Å²) in [7, 11) is 0. The fourth-order valence-electron chi connectivity index (χ4n) is 2.14. The normalized spacial score (nSPS) is 20.4. The number of halogens is 2. The molecule has 2 heterocycles. The van der Waals surface area contributed by atoms with Gasteiger partial charge in [0.05, 0.1) is 5.56 Å². The van der Waals surface area contributed by atoms with Crippen molar-refractivity contribution in [2.45, 2.75) is 32.2 Å². The average Bonchev–Trinajstić information content (AvgIpc) is 2.32. The molecule has 5 heteroatoms. The molecule has 1 aromatic heterocycles. The number of amides is 1. The molecule has 0 bridgehead atoms. The van der Waals surface area contributed by atoms with E-state index in [0.717, 1.165) is 25.5 Å². The van der Waals surface area contributed by atoms with Gasteiger partial charge in [-0.1, -0.05) is 0 Å². The minimum Gasteiger partial charge on any atom is -0.336 e. The van der Waals surface area contributed by atoms with Gasteiger partial charge in [-0.3, -0.25) is 4.79 Å². The molecule has 1 fully saturated rings. The van der Waals surface area contributed by atoms with E-state index in [2.05, 4.69) is 4.98 Å². The molecule has 0 radical (unpaired) electrons. The first-order valence-electron chi connectivity index (χ1n) is 5.72. The summed E-state index contributed by atoms with van der Waals surface area (Å²) >= 11 is 0. The van der Waals surface area contributed by atoms with Gasteiger partial charge in [0.15, 0.2) is 5.82 Å². The van der Waals surface area contributed by atoms with Gasteiger partial charge >= 0.3 is 0 Å². The molecular weight excluding hydrogens is 226 g/mol. The van der Waals surface area contributed by atoms with Gasteiger partial charge in [0.2, 0.25) is 5.95 Å². The second-order valence-electron chi connectivity index (χ2n) is 4.31. The largest absolute Gasteiger partial charge is 0.336 e. The molecular formula is C12H14F2N2O. The van der Waals surface area contributed by atoms with Crippen LogP contribution in [0, 0.1) is 11.8 Å². The monoisotopic (exact) mass is 240 g/mol. The second-order valence-corrected chi connectivity index (χ2v) is 4.31.